The molecular weight excluding hydrogens is 350 g/mol. The second-order valence-electron chi connectivity index (χ2n) is 5.83. The summed E-state index contributed by atoms with van der Waals surface area (Å²) in [7, 11) is 0. The zero-order valence-corrected chi connectivity index (χ0v) is 15.2. The summed E-state index contributed by atoms with van der Waals surface area (Å²) in [4.78, 5) is 12.1. The summed E-state index contributed by atoms with van der Waals surface area (Å²) in [5, 5.41) is 5.56. The van der Waals surface area contributed by atoms with Crippen LogP contribution in [0.15, 0.2) is 66.7 Å². The standard InChI is InChI=1S/C21H20ClNO3/c1-15(26-18-9-5-8-17(22)14-18)21(24)23-12-13-25-20-11-4-7-16-6-2-3-10-19(16)20/h2-11,14-15H,12-13H2,1H3,(H,23,24)/t15-/m0/s1. The number of halogens is 1. The van der Waals surface area contributed by atoms with Gasteiger partial charge < -0.3 is 14.8 Å². The fourth-order valence-electron chi connectivity index (χ4n) is 2.60. The Bertz CT molecular complexity index is 892. The first-order valence-electron chi connectivity index (χ1n) is 8.44. The second kappa shape index (κ2) is 8.59. The number of amides is 1. The van der Waals surface area contributed by atoms with Gasteiger partial charge in [-0.3, -0.25) is 4.79 Å². The van der Waals surface area contributed by atoms with Crippen LogP contribution in [-0.4, -0.2) is 25.2 Å². The Kier molecular flexibility index (Phi) is 5.97. The summed E-state index contributed by atoms with van der Waals surface area (Å²) in [6.45, 7) is 2.47. The Morgan fingerprint density at radius 2 is 1.85 bits per heavy atom. The van der Waals surface area contributed by atoms with E-state index in [-0.39, 0.29) is 5.91 Å². The van der Waals surface area contributed by atoms with Crippen LogP contribution < -0.4 is 14.8 Å². The van der Waals surface area contributed by atoms with Crippen LogP contribution in [0.4, 0.5) is 0 Å². The zero-order valence-electron chi connectivity index (χ0n) is 14.4. The van der Waals surface area contributed by atoms with Crippen molar-refractivity contribution in [2.45, 2.75) is 13.0 Å². The molecule has 1 amide bonds. The Morgan fingerprint density at radius 3 is 2.69 bits per heavy atom. The number of ether oxygens (including phenoxy) is 2. The largest absolute Gasteiger partial charge is 0.491 e. The van der Waals surface area contributed by atoms with E-state index in [9.17, 15) is 4.79 Å². The highest BCUT2D eigenvalue weighted by Crippen LogP contribution is 2.24. The van der Waals surface area contributed by atoms with Crippen LogP contribution in [0.25, 0.3) is 10.8 Å². The number of benzene rings is 3. The van der Waals surface area contributed by atoms with Crippen molar-refractivity contribution in [1.29, 1.82) is 0 Å². The molecule has 0 heterocycles. The third-order valence-electron chi connectivity index (χ3n) is 3.89. The smallest absolute Gasteiger partial charge is 0.260 e. The van der Waals surface area contributed by atoms with Crippen molar-refractivity contribution in [2.75, 3.05) is 13.2 Å². The molecule has 0 spiro atoms. The van der Waals surface area contributed by atoms with Gasteiger partial charge in [-0.1, -0.05) is 54.1 Å². The molecule has 5 heteroatoms. The molecule has 1 atom stereocenters. The lowest BCUT2D eigenvalue weighted by Gasteiger charge is -2.15. The van der Waals surface area contributed by atoms with E-state index in [2.05, 4.69) is 5.32 Å². The van der Waals surface area contributed by atoms with Crippen molar-refractivity contribution in [2.24, 2.45) is 0 Å². The summed E-state index contributed by atoms with van der Waals surface area (Å²) >= 11 is 5.91. The molecule has 0 radical (unpaired) electrons. The number of hydrogen-bond donors (Lipinski definition) is 1. The molecule has 3 aromatic rings. The minimum atomic E-state index is -0.619. The van der Waals surface area contributed by atoms with Gasteiger partial charge in [-0.05, 0) is 36.6 Å². The van der Waals surface area contributed by atoms with Crippen molar-refractivity contribution in [3.63, 3.8) is 0 Å². The Labute approximate surface area is 157 Å². The molecule has 4 nitrogen and oxygen atoms in total. The maximum Gasteiger partial charge on any atom is 0.260 e. The molecule has 0 saturated heterocycles. The number of carbonyl (C=O) groups excluding carboxylic acids is 1. The number of carbonyl (C=O) groups is 1. The van der Waals surface area contributed by atoms with Crippen LogP contribution in [0, 0.1) is 0 Å². The van der Waals surface area contributed by atoms with Gasteiger partial charge in [0.05, 0.1) is 6.54 Å². The van der Waals surface area contributed by atoms with E-state index in [1.807, 2.05) is 42.5 Å². The van der Waals surface area contributed by atoms with Crippen molar-refractivity contribution in [3.8, 4) is 11.5 Å². The van der Waals surface area contributed by atoms with Crippen LogP contribution >= 0.6 is 11.6 Å². The van der Waals surface area contributed by atoms with E-state index in [1.54, 1.807) is 31.2 Å². The normalized spacial score (nSPS) is 11.8. The molecule has 0 aromatic heterocycles. The summed E-state index contributed by atoms with van der Waals surface area (Å²) in [6.07, 6.45) is -0.619. The average molecular weight is 370 g/mol. The van der Waals surface area contributed by atoms with E-state index in [0.717, 1.165) is 16.5 Å². The lowest BCUT2D eigenvalue weighted by atomic mass is 10.1. The van der Waals surface area contributed by atoms with Crippen LogP contribution in [0.3, 0.4) is 0 Å². The maximum absolute atomic E-state index is 12.1. The average Bonchev–Trinajstić information content (AvgIpc) is 2.65. The lowest BCUT2D eigenvalue weighted by molar-refractivity contribution is -0.127. The number of hydrogen-bond acceptors (Lipinski definition) is 3. The minimum absolute atomic E-state index is 0.202. The molecule has 3 rings (SSSR count). The SMILES string of the molecule is C[C@H](Oc1cccc(Cl)c1)C(=O)NCCOc1cccc2ccccc12. The van der Waals surface area contributed by atoms with Gasteiger partial charge in [-0.2, -0.15) is 0 Å². The quantitative estimate of drug-likeness (QED) is 0.626. The van der Waals surface area contributed by atoms with Crippen molar-refractivity contribution in [3.05, 3.63) is 71.8 Å². The van der Waals surface area contributed by atoms with Gasteiger partial charge in [-0.15, -0.1) is 0 Å². The summed E-state index contributed by atoms with van der Waals surface area (Å²) in [6, 6.07) is 20.9. The predicted molar refractivity (Wildman–Crippen MR) is 104 cm³/mol. The van der Waals surface area contributed by atoms with Crippen LogP contribution in [0.1, 0.15) is 6.92 Å². The van der Waals surface area contributed by atoms with Gasteiger partial charge in [-0.25, -0.2) is 0 Å². The Balaban J connectivity index is 1.47. The first kappa shape index (κ1) is 18.1. The highest BCUT2D eigenvalue weighted by Gasteiger charge is 2.14. The molecule has 134 valence electrons. The van der Waals surface area contributed by atoms with Gasteiger partial charge in [0, 0.05) is 10.4 Å². The summed E-state index contributed by atoms with van der Waals surface area (Å²) in [5.74, 6) is 1.17. The van der Waals surface area contributed by atoms with E-state index in [0.29, 0.717) is 23.9 Å². The molecule has 26 heavy (non-hydrogen) atoms. The number of fused-ring (bicyclic) bond motifs is 1. The molecule has 0 aliphatic rings. The predicted octanol–water partition coefficient (Wildman–Crippen LogP) is 4.46. The molecule has 0 aliphatic heterocycles. The number of nitrogens with one attached hydrogen (secondary N) is 1. The monoisotopic (exact) mass is 369 g/mol. The summed E-state index contributed by atoms with van der Waals surface area (Å²) in [5.41, 5.74) is 0. The highest BCUT2D eigenvalue weighted by molar-refractivity contribution is 6.30. The molecule has 0 saturated carbocycles. The molecular formula is C21H20ClNO3. The van der Waals surface area contributed by atoms with Gasteiger partial charge in [0.2, 0.25) is 0 Å². The fourth-order valence-corrected chi connectivity index (χ4v) is 2.78. The fraction of sp³-hybridized carbons (Fsp3) is 0.190. The van der Waals surface area contributed by atoms with Gasteiger partial charge in [0.15, 0.2) is 6.10 Å². The highest BCUT2D eigenvalue weighted by atomic mass is 35.5. The van der Waals surface area contributed by atoms with E-state index in [4.69, 9.17) is 21.1 Å². The lowest BCUT2D eigenvalue weighted by Crippen LogP contribution is -2.38. The minimum Gasteiger partial charge on any atom is -0.491 e. The first-order chi connectivity index (χ1) is 12.6. The second-order valence-corrected chi connectivity index (χ2v) is 6.27. The third kappa shape index (κ3) is 4.67. The van der Waals surface area contributed by atoms with Crippen molar-refractivity contribution >= 4 is 28.3 Å². The third-order valence-corrected chi connectivity index (χ3v) is 4.12. The topological polar surface area (TPSA) is 47.6 Å². The van der Waals surface area contributed by atoms with Crippen LogP contribution in [0.2, 0.25) is 5.02 Å². The van der Waals surface area contributed by atoms with Crippen molar-refractivity contribution < 1.29 is 14.3 Å². The molecule has 0 unspecified atom stereocenters. The Morgan fingerprint density at radius 1 is 1.08 bits per heavy atom. The molecule has 1 N–H and O–H groups in total. The number of rotatable bonds is 7. The van der Waals surface area contributed by atoms with Gasteiger partial charge in [0.1, 0.15) is 18.1 Å². The zero-order chi connectivity index (χ0) is 18.4. The van der Waals surface area contributed by atoms with Gasteiger partial charge >= 0.3 is 0 Å². The molecule has 3 aromatic carbocycles. The maximum atomic E-state index is 12.1. The Hall–Kier alpha value is -2.72. The van der Waals surface area contributed by atoms with E-state index < -0.39 is 6.10 Å². The molecule has 0 fully saturated rings. The summed E-state index contributed by atoms with van der Waals surface area (Å²) < 4.78 is 11.4. The van der Waals surface area contributed by atoms with E-state index >= 15 is 0 Å². The van der Waals surface area contributed by atoms with Crippen molar-refractivity contribution in [1.82, 2.24) is 5.32 Å². The molecule has 0 bridgehead atoms. The van der Waals surface area contributed by atoms with Crippen LogP contribution in [0.5, 0.6) is 11.5 Å². The first-order valence-corrected chi connectivity index (χ1v) is 8.82. The van der Waals surface area contributed by atoms with Gasteiger partial charge in [0.25, 0.3) is 5.91 Å². The van der Waals surface area contributed by atoms with E-state index in [1.165, 1.54) is 0 Å². The van der Waals surface area contributed by atoms with Crippen LogP contribution in [-0.2, 0) is 4.79 Å². The molecule has 0 aliphatic carbocycles.